The van der Waals surface area contributed by atoms with E-state index in [1.165, 1.54) is 11.3 Å². The molecule has 2 rings (SSSR count). The van der Waals surface area contributed by atoms with Gasteiger partial charge in [-0.1, -0.05) is 19.8 Å². The van der Waals surface area contributed by atoms with E-state index in [1.54, 1.807) is 13.0 Å². The molecule has 136 valence electrons. The zero-order chi connectivity index (χ0) is 18.6. The molecule has 3 amide bonds. The van der Waals surface area contributed by atoms with E-state index < -0.39 is 36.6 Å². The summed E-state index contributed by atoms with van der Waals surface area (Å²) in [6, 6.07) is 2.87. The summed E-state index contributed by atoms with van der Waals surface area (Å²) in [4.78, 5) is 50.6. The monoisotopic (exact) mass is 366 g/mol. The second kappa shape index (κ2) is 7.77. The van der Waals surface area contributed by atoms with Gasteiger partial charge in [-0.2, -0.15) is 0 Å². The number of carbonyl (C=O) groups is 4. The average Bonchev–Trinajstić information content (AvgIpc) is 3.08. The van der Waals surface area contributed by atoms with Crippen LogP contribution in [-0.2, 0) is 14.3 Å². The molecular weight excluding hydrogens is 344 g/mol. The Labute approximate surface area is 150 Å². The second-order valence-corrected chi connectivity index (χ2v) is 7.54. The first kappa shape index (κ1) is 19.1. The van der Waals surface area contributed by atoms with Gasteiger partial charge in [0.1, 0.15) is 12.1 Å². The molecule has 1 aromatic rings. The van der Waals surface area contributed by atoms with Gasteiger partial charge < -0.3 is 10.1 Å². The zero-order valence-electron chi connectivity index (χ0n) is 14.6. The van der Waals surface area contributed by atoms with E-state index in [1.807, 2.05) is 19.9 Å². The van der Waals surface area contributed by atoms with E-state index >= 15 is 0 Å². The van der Waals surface area contributed by atoms with Crippen molar-refractivity contribution in [2.45, 2.75) is 45.6 Å². The van der Waals surface area contributed by atoms with Crippen LogP contribution in [0, 0.1) is 6.92 Å². The van der Waals surface area contributed by atoms with Crippen LogP contribution in [0.2, 0.25) is 0 Å². The number of ketones is 1. The predicted molar refractivity (Wildman–Crippen MR) is 92.5 cm³/mol. The highest BCUT2D eigenvalue weighted by Gasteiger charge is 2.47. The molecule has 8 heteroatoms. The number of Topliss-reactive ketones (excluding diaryl/α,β-unsaturated/α-hetero) is 1. The lowest BCUT2D eigenvalue weighted by molar-refractivity contribution is -0.146. The second-order valence-electron chi connectivity index (χ2n) is 6.25. The van der Waals surface area contributed by atoms with Gasteiger partial charge in [0.25, 0.3) is 5.91 Å². The van der Waals surface area contributed by atoms with Crippen LogP contribution in [-0.4, -0.2) is 47.3 Å². The molecule has 1 aliphatic heterocycles. The number of imide groups is 1. The minimum absolute atomic E-state index is 0.309. The molecule has 1 saturated heterocycles. The maximum atomic E-state index is 12.4. The lowest BCUT2D eigenvalue weighted by Crippen LogP contribution is -2.44. The van der Waals surface area contributed by atoms with Crippen LogP contribution in [0.25, 0.3) is 0 Å². The van der Waals surface area contributed by atoms with E-state index in [-0.39, 0.29) is 5.78 Å². The van der Waals surface area contributed by atoms with Crippen LogP contribution < -0.4 is 5.32 Å². The summed E-state index contributed by atoms with van der Waals surface area (Å²) in [5, 5.41) is 2.63. The van der Waals surface area contributed by atoms with Crippen LogP contribution >= 0.6 is 11.3 Å². The number of urea groups is 1. The van der Waals surface area contributed by atoms with Gasteiger partial charge in [-0.15, -0.1) is 11.3 Å². The van der Waals surface area contributed by atoms with Gasteiger partial charge in [0, 0.05) is 4.88 Å². The van der Waals surface area contributed by atoms with Crippen LogP contribution in [0.3, 0.4) is 0 Å². The Kier molecular flexibility index (Phi) is 5.94. The molecule has 2 heterocycles. The smallest absolute Gasteiger partial charge is 0.326 e. The van der Waals surface area contributed by atoms with Crippen molar-refractivity contribution in [1.29, 1.82) is 0 Å². The molecule has 0 unspecified atom stereocenters. The highest BCUT2D eigenvalue weighted by molar-refractivity contribution is 7.14. The number of amides is 3. The number of rotatable bonds is 8. The Morgan fingerprint density at radius 3 is 2.64 bits per heavy atom. The van der Waals surface area contributed by atoms with Crippen LogP contribution in [0.15, 0.2) is 12.1 Å². The van der Waals surface area contributed by atoms with Gasteiger partial charge in [-0.3, -0.25) is 19.3 Å². The van der Waals surface area contributed by atoms with Crippen LogP contribution in [0.5, 0.6) is 0 Å². The summed E-state index contributed by atoms with van der Waals surface area (Å²) >= 11 is 1.32. The SMILES string of the molecule is CCCC[C@@]1(C)NC(=O)N(CC(=O)OCC(=O)c2ccc(C)s2)C1=O. The summed E-state index contributed by atoms with van der Waals surface area (Å²) in [6.45, 7) is 4.61. The Morgan fingerprint density at radius 1 is 1.32 bits per heavy atom. The van der Waals surface area contributed by atoms with Crippen LogP contribution in [0.1, 0.15) is 47.7 Å². The van der Waals surface area contributed by atoms with E-state index in [0.717, 1.165) is 22.6 Å². The van der Waals surface area contributed by atoms with Crippen molar-refractivity contribution in [3.05, 3.63) is 21.9 Å². The molecule has 1 atom stereocenters. The quantitative estimate of drug-likeness (QED) is 0.433. The number of carbonyl (C=O) groups excluding carboxylic acids is 4. The van der Waals surface area contributed by atoms with E-state index in [0.29, 0.717) is 11.3 Å². The van der Waals surface area contributed by atoms with E-state index in [9.17, 15) is 19.2 Å². The molecule has 0 radical (unpaired) electrons. The van der Waals surface area contributed by atoms with Crippen molar-refractivity contribution >= 4 is 35.0 Å². The van der Waals surface area contributed by atoms with Crippen molar-refractivity contribution in [3.63, 3.8) is 0 Å². The fraction of sp³-hybridized carbons (Fsp3) is 0.529. The largest absolute Gasteiger partial charge is 0.456 e. The Hall–Kier alpha value is -2.22. The maximum Gasteiger partial charge on any atom is 0.326 e. The molecule has 1 N–H and O–H groups in total. The van der Waals surface area contributed by atoms with Gasteiger partial charge in [0.15, 0.2) is 6.61 Å². The molecule has 0 spiro atoms. The molecule has 1 aromatic heterocycles. The minimum atomic E-state index is -0.988. The fourth-order valence-corrected chi connectivity index (χ4v) is 3.36. The van der Waals surface area contributed by atoms with Gasteiger partial charge in [0.2, 0.25) is 5.78 Å². The van der Waals surface area contributed by atoms with Crippen molar-refractivity contribution in [2.75, 3.05) is 13.2 Å². The number of nitrogens with one attached hydrogen (secondary N) is 1. The third-order valence-electron chi connectivity index (χ3n) is 4.04. The lowest BCUT2D eigenvalue weighted by atomic mass is 9.95. The number of nitrogens with zero attached hydrogens (tertiary/aromatic N) is 1. The zero-order valence-corrected chi connectivity index (χ0v) is 15.4. The average molecular weight is 366 g/mol. The number of esters is 1. The molecule has 25 heavy (non-hydrogen) atoms. The molecule has 0 aromatic carbocycles. The predicted octanol–water partition coefficient (Wildman–Crippen LogP) is 2.28. The number of thiophene rings is 1. The highest BCUT2D eigenvalue weighted by Crippen LogP contribution is 2.23. The molecule has 1 aliphatic rings. The summed E-state index contributed by atoms with van der Waals surface area (Å²) in [5.41, 5.74) is -0.988. The number of hydrogen-bond donors (Lipinski definition) is 1. The van der Waals surface area contributed by atoms with Crippen molar-refractivity contribution < 1.29 is 23.9 Å². The molecule has 0 saturated carbocycles. The third kappa shape index (κ3) is 4.45. The Morgan fingerprint density at radius 2 is 2.04 bits per heavy atom. The van der Waals surface area contributed by atoms with Crippen molar-refractivity contribution in [2.24, 2.45) is 0 Å². The summed E-state index contributed by atoms with van der Waals surface area (Å²) in [7, 11) is 0. The Bertz CT molecular complexity index is 699. The summed E-state index contributed by atoms with van der Waals surface area (Å²) in [6.07, 6.45) is 2.19. The molecule has 7 nitrogen and oxygen atoms in total. The standard InChI is InChI=1S/C17H22N2O5S/c1-4-5-8-17(3)15(22)19(16(23)18-17)9-14(21)24-10-12(20)13-7-6-11(2)25-13/h6-7H,4-5,8-10H2,1-3H3,(H,18,23)/t17-/m1/s1. The van der Waals surface area contributed by atoms with Gasteiger partial charge >= 0.3 is 12.0 Å². The van der Waals surface area contributed by atoms with Gasteiger partial charge in [-0.25, -0.2) is 4.79 Å². The molecule has 0 aliphatic carbocycles. The lowest BCUT2D eigenvalue weighted by Gasteiger charge is -2.20. The molecule has 0 bridgehead atoms. The highest BCUT2D eigenvalue weighted by atomic mass is 32.1. The van der Waals surface area contributed by atoms with Crippen LogP contribution in [0.4, 0.5) is 4.79 Å². The first-order valence-corrected chi connectivity index (χ1v) is 8.98. The Balaban J connectivity index is 1.88. The number of hydrogen-bond acceptors (Lipinski definition) is 6. The molecule has 1 fully saturated rings. The van der Waals surface area contributed by atoms with Gasteiger partial charge in [0.05, 0.1) is 4.88 Å². The first-order chi connectivity index (χ1) is 11.8. The fourth-order valence-electron chi connectivity index (χ4n) is 2.57. The minimum Gasteiger partial charge on any atom is -0.456 e. The van der Waals surface area contributed by atoms with Crippen molar-refractivity contribution in [3.8, 4) is 0 Å². The topological polar surface area (TPSA) is 92.8 Å². The van der Waals surface area contributed by atoms with Crippen molar-refractivity contribution in [1.82, 2.24) is 10.2 Å². The third-order valence-corrected chi connectivity index (χ3v) is 5.08. The number of aryl methyl sites for hydroxylation is 1. The summed E-state index contributed by atoms with van der Waals surface area (Å²) in [5.74, 6) is -1.54. The summed E-state index contributed by atoms with van der Waals surface area (Å²) < 4.78 is 4.92. The number of unbranched alkanes of at least 4 members (excludes halogenated alkanes) is 1. The number of ether oxygens (including phenoxy) is 1. The normalized spacial score (nSPS) is 19.9. The molecular formula is C17H22N2O5S. The maximum absolute atomic E-state index is 12.4. The van der Waals surface area contributed by atoms with E-state index in [4.69, 9.17) is 4.74 Å². The van der Waals surface area contributed by atoms with Gasteiger partial charge in [-0.05, 0) is 32.4 Å². The van der Waals surface area contributed by atoms with E-state index in [2.05, 4.69) is 5.32 Å². The first-order valence-electron chi connectivity index (χ1n) is 8.16.